The first-order valence-corrected chi connectivity index (χ1v) is 8.14. The van der Waals surface area contributed by atoms with E-state index >= 15 is 0 Å². The molecular weight excluding hydrogens is 268 g/mol. The summed E-state index contributed by atoms with van der Waals surface area (Å²) in [4.78, 5) is 13.9. The van der Waals surface area contributed by atoms with Gasteiger partial charge >= 0.3 is 6.09 Å². The molecule has 1 fully saturated rings. The number of ether oxygens (including phenoxy) is 1. The normalized spacial score (nSPS) is 21.2. The van der Waals surface area contributed by atoms with Gasteiger partial charge in [0.1, 0.15) is 5.60 Å². The molecule has 1 heterocycles. The summed E-state index contributed by atoms with van der Waals surface area (Å²) in [6, 6.07) is 0.411. The highest BCUT2D eigenvalue weighted by molar-refractivity contribution is 5.68. The average molecular weight is 300 g/mol. The molecule has 0 aromatic carbocycles. The van der Waals surface area contributed by atoms with Gasteiger partial charge in [-0.2, -0.15) is 0 Å². The van der Waals surface area contributed by atoms with Crippen LogP contribution >= 0.6 is 0 Å². The summed E-state index contributed by atoms with van der Waals surface area (Å²) in [6.07, 6.45) is 3.82. The van der Waals surface area contributed by atoms with Gasteiger partial charge in [-0.25, -0.2) is 4.79 Å². The predicted octanol–water partition coefficient (Wildman–Crippen LogP) is 2.38. The summed E-state index contributed by atoms with van der Waals surface area (Å²) in [5, 5.41) is 12.3. The molecular formula is C16H32N2O3. The van der Waals surface area contributed by atoms with Crippen molar-refractivity contribution in [1.29, 1.82) is 0 Å². The Bertz CT molecular complexity index is 315. The fourth-order valence-electron chi connectivity index (χ4n) is 2.59. The molecule has 1 aliphatic heterocycles. The molecule has 0 bridgehead atoms. The lowest BCUT2D eigenvalue weighted by atomic mass is 9.98. The van der Waals surface area contributed by atoms with E-state index in [0.29, 0.717) is 12.0 Å². The Morgan fingerprint density at radius 1 is 1.48 bits per heavy atom. The maximum Gasteiger partial charge on any atom is 0.410 e. The molecule has 0 aromatic rings. The summed E-state index contributed by atoms with van der Waals surface area (Å²) in [5.41, 5.74) is -0.429. The van der Waals surface area contributed by atoms with Crippen molar-refractivity contribution in [2.45, 2.75) is 65.0 Å². The van der Waals surface area contributed by atoms with Gasteiger partial charge in [0.15, 0.2) is 0 Å². The standard InChI is InChI=1S/C16H32N2O3/c1-13(7-6-10-19)17-11-14-8-5-9-18(12-14)15(20)21-16(2,3)4/h13-14,17,19H,5-12H2,1-4H3. The summed E-state index contributed by atoms with van der Waals surface area (Å²) >= 11 is 0. The molecule has 1 rings (SSSR count). The van der Waals surface area contributed by atoms with Crippen LogP contribution in [-0.2, 0) is 4.74 Å². The first-order valence-electron chi connectivity index (χ1n) is 8.14. The van der Waals surface area contributed by atoms with Crippen molar-refractivity contribution in [2.75, 3.05) is 26.2 Å². The number of hydrogen-bond donors (Lipinski definition) is 2. The Hall–Kier alpha value is -0.810. The monoisotopic (exact) mass is 300 g/mol. The summed E-state index contributed by atoms with van der Waals surface area (Å²) in [7, 11) is 0. The third kappa shape index (κ3) is 7.67. The molecule has 0 saturated carbocycles. The van der Waals surface area contributed by atoms with E-state index in [1.165, 1.54) is 0 Å². The van der Waals surface area contributed by atoms with Crippen LogP contribution in [0.2, 0.25) is 0 Å². The zero-order valence-corrected chi connectivity index (χ0v) is 14.0. The Kier molecular flexibility index (Phi) is 7.46. The third-order valence-electron chi connectivity index (χ3n) is 3.72. The number of aliphatic hydroxyl groups is 1. The summed E-state index contributed by atoms with van der Waals surface area (Å²) in [6.45, 7) is 10.6. The molecule has 0 aromatic heterocycles. The molecule has 0 spiro atoms. The minimum atomic E-state index is -0.429. The van der Waals surface area contributed by atoms with Gasteiger partial charge in [-0.1, -0.05) is 0 Å². The lowest BCUT2D eigenvalue weighted by molar-refractivity contribution is 0.0165. The van der Waals surface area contributed by atoms with Crippen molar-refractivity contribution in [3.05, 3.63) is 0 Å². The van der Waals surface area contributed by atoms with Crippen LogP contribution in [0.1, 0.15) is 53.4 Å². The van der Waals surface area contributed by atoms with Crippen molar-refractivity contribution < 1.29 is 14.6 Å². The predicted molar refractivity (Wildman–Crippen MR) is 84.3 cm³/mol. The number of nitrogens with zero attached hydrogens (tertiary/aromatic N) is 1. The van der Waals surface area contributed by atoms with Gasteiger partial charge in [-0.3, -0.25) is 0 Å². The minimum absolute atomic E-state index is 0.194. The highest BCUT2D eigenvalue weighted by Crippen LogP contribution is 2.19. The second-order valence-electron chi connectivity index (χ2n) is 7.11. The number of amides is 1. The smallest absolute Gasteiger partial charge is 0.410 e. The number of rotatable bonds is 6. The molecule has 5 nitrogen and oxygen atoms in total. The molecule has 124 valence electrons. The van der Waals surface area contributed by atoms with Crippen LogP contribution in [0, 0.1) is 5.92 Å². The third-order valence-corrected chi connectivity index (χ3v) is 3.72. The highest BCUT2D eigenvalue weighted by atomic mass is 16.6. The van der Waals surface area contributed by atoms with Gasteiger partial charge in [0.05, 0.1) is 0 Å². The van der Waals surface area contributed by atoms with Gasteiger partial charge < -0.3 is 20.1 Å². The number of aliphatic hydroxyl groups excluding tert-OH is 1. The largest absolute Gasteiger partial charge is 0.444 e. The van der Waals surface area contributed by atoms with Gasteiger partial charge in [0.25, 0.3) is 0 Å². The lowest BCUT2D eigenvalue weighted by Gasteiger charge is -2.34. The van der Waals surface area contributed by atoms with Gasteiger partial charge in [-0.15, -0.1) is 0 Å². The number of carbonyl (C=O) groups excluding carboxylic acids is 1. The van der Waals surface area contributed by atoms with E-state index in [1.54, 1.807) is 0 Å². The van der Waals surface area contributed by atoms with E-state index in [4.69, 9.17) is 9.84 Å². The second-order valence-corrected chi connectivity index (χ2v) is 7.11. The molecule has 0 aliphatic carbocycles. The molecule has 2 atom stereocenters. The van der Waals surface area contributed by atoms with E-state index in [0.717, 1.165) is 45.3 Å². The molecule has 2 unspecified atom stereocenters. The van der Waals surface area contributed by atoms with Crippen LogP contribution in [0.25, 0.3) is 0 Å². The Balaban J connectivity index is 2.33. The molecule has 2 N–H and O–H groups in total. The Morgan fingerprint density at radius 3 is 2.81 bits per heavy atom. The van der Waals surface area contributed by atoms with Gasteiger partial charge in [0, 0.05) is 25.7 Å². The lowest BCUT2D eigenvalue weighted by Crippen LogP contribution is -2.45. The molecule has 1 saturated heterocycles. The molecule has 1 aliphatic rings. The van der Waals surface area contributed by atoms with E-state index in [2.05, 4.69) is 12.2 Å². The van der Waals surface area contributed by atoms with Crippen molar-refractivity contribution in [1.82, 2.24) is 10.2 Å². The minimum Gasteiger partial charge on any atom is -0.444 e. The maximum absolute atomic E-state index is 12.1. The Labute approximate surface area is 129 Å². The number of likely N-dealkylation sites (tertiary alicyclic amines) is 1. The SMILES string of the molecule is CC(CCCO)NCC1CCCN(C(=O)OC(C)(C)C)C1. The number of nitrogens with one attached hydrogen (secondary N) is 1. The van der Waals surface area contributed by atoms with Crippen molar-refractivity contribution in [3.63, 3.8) is 0 Å². The first kappa shape index (κ1) is 18.2. The molecule has 0 radical (unpaired) electrons. The highest BCUT2D eigenvalue weighted by Gasteiger charge is 2.27. The fraction of sp³-hybridized carbons (Fsp3) is 0.938. The number of carbonyl (C=O) groups is 1. The summed E-state index contributed by atoms with van der Waals surface area (Å²) in [5.74, 6) is 0.489. The van der Waals surface area contributed by atoms with Crippen LogP contribution in [-0.4, -0.2) is 54.0 Å². The van der Waals surface area contributed by atoms with Crippen LogP contribution in [0.3, 0.4) is 0 Å². The second kappa shape index (κ2) is 8.59. The fourth-order valence-corrected chi connectivity index (χ4v) is 2.59. The van der Waals surface area contributed by atoms with Crippen molar-refractivity contribution >= 4 is 6.09 Å². The quantitative estimate of drug-likeness (QED) is 0.790. The molecule has 21 heavy (non-hydrogen) atoms. The van der Waals surface area contributed by atoms with E-state index in [9.17, 15) is 4.79 Å². The van der Waals surface area contributed by atoms with Crippen LogP contribution < -0.4 is 5.32 Å². The van der Waals surface area contributed by atoms with Crippen LogP contribution in [0.4, 0.5) is 4.79 Å². The van der Waals surface area contributed by atoms with Gasteiger partial charge in [0.2, 0.25) is 0 Å². The summed E-state index contributed by atoms with van der Waals surface area (Å²) < 4.78 is 5.44. The number of piperidine rings is 1. The first-order chi connectivity index (χ1) is 9.81. The number of hydrogen-bond acceptors (Lipinski definition) is 4. The van der Waals surface area contributed by atoms with Gasteiger partial charge in [-0.05, 0) is 65.8 Å². The topological polar surface area (TPSA) is 61.8 Å². The maximum atomic E-state index is 12.1. The Morgan fingerprint density at radius 2 is 2.19 bits per heavy atom. The van der Waals surface area contributed by atoms with Crippen LogP contribution in [0.15, 0.2) is 0 Å². The molecule has 5 heteroatoms. The zero-order valence-electron chi connectivity index (χ0n) is 14.0. The molecule has 1 amide bonds. The van der Waals surface area contributed by atoms with E-state index in [1.807, 2.05) is 25.7 Å². The van der Waals surface area contributed by atoms with Crippen molar-refractivity contribution in [2.24, 2.45) is 5.92 Å². The zero-order chi connectivity index (χ0) is 15.9. The average Bonchev–Trinajstić information content (AvgIpc) is 2.41. The van der Waals surface area contributed by atoms with E-state index < -0.39 is 5.60 Å². The van der Waals surface area contributed by atoms with Crippen LogP contribution in [0.5, 0.6) is 0 Å². The van der Waals surface area contributed by atoms with E-state index in [-0.39, 0.29) is 12.7 Å². The van der Waals surface area contributed by atoms with Crippen molar-refractivity contribution in [3.8, 4) is 0 Å².